The first-order chi connectivity index (χ1) is 7.54. The number of nitriles is 1. The normalized spacial score (nSPS) is 13.9. The molecule has 4 heteroatoms. The number of nitrogens with one attached hydrogen (secondary N) is 1. The summed E-state index contributed by atoms with van der Waals surface area (Å²) in [6.45, 7) is 3.87. The van der Waals surface area contributed by atoms with E-state index in [1.54, 1.807) is 18.2 Å². The summed E-state index contributed by atoms with van der Waals surface area (Å²) in [4.78, 5) is 0. The van der Waals surface area contributed by atoms with E-state index in [1.165, 1.54) is 0 Å². The summed E-state index contributed by atoms with van der Waals surface area (Å²) in [6, 6.07) is 7.13. The highest BCUT2D eigenvalue weighted by molar-refractivity contribution is 6.30. The zero-order valence-electron chi connectivity index (χ0n) is 9.42. The molecule has 0 spiro atoms. The fourth-order valence-electron chi connectivity index (χ4n) is 1.28. The first kappa shape index (κ1) is 12.8. The number of hydrogen-bond donors (Lipinski definition) is 2. The van der Waals surface area contributed by atoms with Crippen LogP contribution in [0.15, 0.2) is 18.2 Å². The van der Waals surface area contributed by atoms with Crippen LogP contribution in [-0.2, 0) is 0 Å². The molecule has 0 aliphatic rings. The molecule has 2 N–H and O–H groups in total. The minimum absolute atomic E-state index is 0.000875. The molecule has 0 radical (unpaired) electrons. The fraction of sp³-hybridized carbons (Fsp3) is 0.417. The second-order valence-electron chi connectivity index (χ2n) is 4.00. The summed E-state index contributed by atoms with van der Waals surface area (Å²) < 4.78 is 0. The summed E-state index contributed by atoms with van der Waals surface area (Å²) in [7, 11) is 0. The molecule has 0 saturated heterocycles. The predicted molar refractivity (Wildman–Crippen MR) is 65.6 cm³/mol. The molecule has 0 aliphatic carbocycles. The minimum atomic E-state index is -0.434. The molecule has 16 heavy (non-hydrogen) atoms. The van der Waals surface area contributed by atoms with Gasteiger partial charge in [-0.15, -0.1) is 0 Å². The van der Waals surface area contributed by atoms with E-state index in [9.17, 15) is 5.11 Å². The molecule has 1 aromatic carbocycles. The summed E-state index contributed by atoms with van der Waals surface area (Å²) in [5.74, 6) is 0. The van der Waals surface area contributed by atoms with Crippen molar-refractivity contribution in [1.82, 2.24) is 0 Å². The van der Waals surface area contributed by atoms with Crippen molar-refractivity contribution in [2.24, 2.45) is 0 Å². The van der Waals surface area contributed by atoms with Gasteiger partial charge in [-0.05, 0) is 31.5 Å². The molecule has 1 rings (SSSR count). The number of aliphatic hydroxyl groups excluding tert-OH is 1. The lowest BCUT2D eigenvalue weighted by molar-refractivity contribution is 0.219. The summed E-state index contributed by atoms with van der Waals surface area (Å²) in [6.07, 6.45) is 0.751. The lowest BCUT2D eigenvalue weighted by atomic mass is 9.99. The lowest BCUT2D eigenvalue weighted by Crippen LogP contribution is -2.38. The highest BCUT2D eigenvalue weighted by Crippen LogP contribution is 2.24. The molecule has 1 atom stereocenters. The Kier molecular flexibility index (Phi) is 4.17. The smallest absolute Gasteiger partial charge is 0.101 e. The minimum Gasteiger partial charge on any atom is -0.394 e. The third kappa shape index (κ3) is 2.88. The first-order valence-electron chi connectivity index (χ1n) is 5.13. The standard InChI is InChI=1S/C12H15ClN2O/c1-3-12(2,8-16)15-11-6-10(13)5-4-9(11)7-14/h4-6,15-16H,3,8H2,1-2H3. The van der Waals surface area contributed by atoms with Crippen LogP contribution < -0.4 is 5.32 Å². The average molecular weight is 239 g/mol. The zero-order chi connectivity index (χ0) is 12.2. The largest absolute Gasteiger partial charge is 0.394 e. The molecule has 1 unspecified atom stereocenters. The number of anilines is 1. The predicted octanol–water partition coefficient (Wildman–Crippen LogP) is 2.78. The number of halogens is 1. The molecule has 0 fully saturated rings. The Hall–Kier alpha value is -1.24. The van der Waals surface area contributed by atoms with Crippen LogP contribution in [-0.4, -0.2) is 17.3 Å². The van der Waals surface area contributed by atoms with Crippen molar-refractivity contribution >= 4 is 17.3 Å². The molecule has 3 nitrogen and oxygen atoms in total. The Morgan fingerprint density at radius 3 is 2.75 bits per heavy atom. The zero-order valence-corrected chi connectivity index (χ0v) is 10.2. The lowest BCUT2D eigenvalue weighted by Gasteiger charge is -2.29. The van der Waals surface area contributed by atoms with Gasteiger partial charge in [0.05, 0.1) is 23.4 Å². The maximum Gasteiger partial charge on any atom is 0.101 e. The van der Waals surface area contributed by atoms with E-state index >= 15 is 0 Å². The Bertz CT molecular complexity index is 408. The van der Waals surface area contributed by atoms with Crippen molar-refractivity contribution < 1.29 is 5.11 Å². The van der Waals surface area contributed by atoms with Gasteiger partial charge in [-0.25, -0.2) is 0 Å². The van der Waals surface area contributed by atoms with Crippen molar-refractivity contribution in [3.63, 3.8) is 0 Å². The topological polar surface area (TPSA) is 56.0 Å². The van der Waals surface area contributed by atoms with Gasteiger partial charge in [-0.2, -0.15) is 5.26 Å². The third-order valence-corrected chi connectivity index (χ3v) is 2.90. The van der Waals surface area contributed by atoms with E-state index in [1.807, 2.05) is 13.8 Å². The van der Waals surface area contributed by atoms with Crippen LogP contribution in [0.2, 0.25) is 5.02 Å². The second kappa shape index (κ2) is 5.20. The van der Waals surface area contributed by atoms with E-state index < -0.39 is 5.54 Å². The van der Waals surface area contributed by atoms with Gasteiger partial charge < -0.3 is 10.4 Å². The fourth-order valence-corrected chi connectivity index (χ4v) is 1.45. The molecule has 0 saturated carbocycles. The van der Waals surface area contributed by atoms with Gasteiger partial charge in [0, 0.05) is 5.02 Å². The van der Waals surface area contributed by atoms with E-state index in [4.69, 9.17) is 16.9 Å². The van der Waals surface area contributed by atoms with Crippen LogP contribution in [0, 0.1) is 11.3 Å². The van der Waals surface area contributed by atoms with Gasteiger partial charge >= 0.3 is 0 Å². The van der Waals surface area contributed by atoms with Gasteiger partial charge in [-0.1, -0.05) is 18.5 Å². The summed E-state index contributed by atoms with van der Waals surface area (Å²) in [5.41, 5.74) is 0.752. The second-order valence-corrected chi connectivity index (χ2v) is 4.44. The maximum absolute atomic E-state index is 9.30. The third-order valence-electron chi connectivity index (χ3n) is 2.67. The number of rotatable bonds is 4. The Morgan fingerprint density at radius 2 is 2.25 bits per heavy atom. The first-order valence-corrected chi connectivity index (χ1v) is 5.51. The highest BCUT2D eigenvalue weighted by atomic mass is 35.5. The number of aliphatic hydroxyl groups is 1. The van der Waals surface area contributed by atoms with Crippen LogP contribution in [0.5, 0.6) is 0 Å². The van der Waals surface area contributed by atoms with Gasteiger partial charge in [0.1, 0.15) is 6.07 Å². The van der Waals surface area contributed by atoms with Crippen LogP contribution >= 0.6 is 11.6 Å². The molecule has 0 amide bonds. The van der Waals surface area contributed by atoms with Gasteiger partial charge in [0.25, 0.3) is 0 Å². The van der Waals surface area contributed by atoms with E-state index in [0.717, 1.165) is 6.42 Å². The van der Waals surface area contributed by atoms with Crippen LogP contribution in [0.4, 0.5) is 5.69 Å². The summed E-state index contributed by atoms with van der Waals surface area (Å²) >= 11 is 5.88. The Balaban J connectivity index is 3.05. The molecule has 86 valence electrons. The Morgan fingerprint density at radius 1 is 1.56 bits per heavy atom. The number of nitrogens with zero attached hydrogens (tertiary/aromatic N) is 1. The SMILES string of the molecule is CCC(C)(CO)Nc1cc(Cl)ccc1C#N. The number of benzene rings is 1. The average Bonchev–Trinajstić information content (AvgIpc) is 2.29. The van der Waals surface area contributed by atoms with Crippen molar-refractivity contribution in [2.75, 3.05) is 11.9 Å². The molecule has 0 aromatic heterocycles. The summed E-state index contributed by atoms with van der Waals surface area (Å²) in [5, 5.41) is 22.0. The monoisotopic (exact) mass is 238 g/mol. The molecule has 0 heterocycles. The van der Waals surface area contributed by atoms with Crippen LogP contribution in [0.1, 0.15) is 25.8 Å². The van der Waals surface area contributed by atoms with E-state index in [-0.39, 0.29) is 6.61 Å². The van der Waals surface area contributed by atoms with Gasteiger partial charge in [-0.3, -0.25) is 0 Å². The maximum atomic E-state index is 9.30. The quantitative estimate of drug-likeness (QED) is 0.848. The van der Waals surface area contributed by atoms with Crippen molar-refractivity contribution in [2.45, 2.75) is 25.8 Å². The van der Waals surface area contributed by atoms with E-state index in [0.29, 0.717) is 16.3 Å². The number of hydrogen-bond acceptors (Lipinski definition) is 3. The Labute approximate surface area is 101 Å². The molecular weight excluding hydrogens is 224 g/mol. The van der Waals surface area contributed by atoms with E-state index in [2.05, 4.69) is 11.4 Å². The van der Waals surface area contributed by atoms with Crippen molar-refractivity contribution in [3.05, 3.63) is 28.8 Å². The van der Waals surface area contributed by atoms with Crippen molar-refractivity contribution in [1.29, 1.82) is 5.26 Å². The van der Waals surface area contributed by atoms with Gasteiger partial charge in [0.2, 0.25) is 0 Å². The van der Waals surface area contributed by atoms with Crippen LogP contribution in [0.3, 0.4) is 0 Å². The van der Waals surface area contributed by atoms with Crippen molar-refractivity contribution in [3.8, 4) is 6.07 Å². The molecular formula is C12H15ClN2O. The molecule has 0 bridgehead atoms. The molecule has 0 aliphatic heterocycles. The van der Waals surface area contributed by atoms with Gasteiger partial charge in [0.15, 0.2) is 0 Å². The van der Waals surface area contributed by atoms with Crippen LogP contribution in [0.25, 0.3) is 0 Å². The highest BCUT2D eigenvalue weighted by Gasteiger charge is 2.21. The molecule has 1 aromatic rings.